The Kier molecular flexibility index (Phi) is 4.99. The molecule has 1 unspecified atom stereocenters. The largest absolute Gasteiger partial charge is 0.496 e. The number of hydrogen-bond donors (Lipinski definition) is 1. The van der Waals surface area contributed by atoms with Gasteiger partial charge in [0.1, 0.15) is 11.6 Å². The summed E-state index contributed by atoms with van der Waals surface area (Å²) in [5, 5.41) is 4.05. The number of rotatable bonds is 5. The van der Waals surface area contributed by atoms with Gasteiger partial charge >= 0.3 is 0 Å². The van der Waals surface area contributed by atoms with Crippen LogP contribution in [0.4, 0.5) is 4.39 Å². The van der Waals surface area contributed by atoms with Gasteiger partial charge in [0.2, 0.25) is 0 Å². The standard InChI is InChI=1S/C16H17ClFNO/c1-11(12-3-6-15(18)7-4-12)19-10-13-9-14(17)5-8-16(13)20-2/h3-9,11,19H,10H2,1-2H3. The van der Waals surface area contributed by atoms with E-state index >= 15 is 0 Å². The summed E-state index contributed by atoms with van der Waals surface area (Å²) in [7, 11) is 1.64. The molecule has 0 fully saturated rings. The normalized spacial score (nSPS) is 12.2. The van der Waals surface area contributed by atoms with Gasteiger partial charge in [0.05, 0.1) is 7.11 Å². The quantitative estimate of drug-likeness (QED) is 0.885. The third kappa shape index (κ3) is 3.71. The van der Waals surface area contributed by atoms with Gasteiger partial charge in [-0.3, -0.25) is 0 Å². The Bertz CT molecular complexity index is 571. The number of benzene rings is 2. The van der Waals surface area contributed by atoms with Crippen molar-refractivity contribution in [3.63, 3.8) is 0 Å². The van der Waals surface area contributed by atoms with Gasteiger partial charge in [-0.25, -0.2) is 4.39 Å². The summed E-state index contributed by atoms with van der Waals surface area (Å²) >= 11 is 6.00. The Morgan fingerprint density at radius 2 is 1.90 bits per heavy atom. The summed E-state index contributed by atoms with van der Waals surface area (Å²) in [6.07, 6.45) is 0. The highest BCUT2D eigenvalue weighted by molar-refractivity contribution is 6.30. The molecule has 2 rings (SSSR count). The summed E-state index contributed by atoms with van der Waals surface area (Å²) < 4.78 is 18.2. The smallest absolute Gasteiger partial charge is 0.123 e. The van der Waals surface area contributed by atoms with Crippen molar-refractivity contribution < 1.29 is 9.13 Å². The first-order valence-electron chi connectivity index (χ1n) is 6.41. The average molecular weight is 294 g/mol. The number of halogens is 2. The van der Waals surface area contributed by atoms with Crippen LogP contribution in [-0.2, 0) is 6.54 Å². The third-order valence-electron chi connectivity index (χ3n) is 3.21. The highest BCUT2D eigenvalue weighted by atomic mass is 35.5. The zero-order valence-electron chi connectivity index (χ0n) is 11.5. The topological polar surface area (TPSA) is 21.3 Å². The Labute approximate surface area is 123 Å². The molecule has 0 bridgehead atoms. The molecule has 0 saturated carbocycles. The van der Waals surface area contributed by atoms with Crippen molar-refractivity contribution in [3.05, 3.63) is 64.4 Å². The molecule has 0 heterocycles. The molecular formula is C16H17ClFNO. The molecule has 1 N–H and O–H groups in total. The molecule has 2 aromatic carbocycles. The van der Waals surface area contributed by atoms with Gasteiger partial charge in [0.25, 0.3) is 0 Å². The van der Waals surface area contributed by atoms with Crippen molar-refractivity contribution >= 4 is 11.6 Å². The summed E-state index contributed by atoms with van der Waals surface area (Å²) in [6.45, 7) is 2.66. The first kappa shape index (κ1) is 14.8. The molecule has 20 heavy (non-hydrogen) atoms. The van der Waals surface area contributed by atoms with E-state index in [0.717, 1.165) is 16.9 Å². The lowest BCUT2D eigenvalue weighted by molar-refractivity contribution is 0.406. The maximum Gasteiger partial charge on any atom is 0.123 e. The van der Waals surface area contributed by atoms with Crippen LogP contribution < -0.4 is 10.1 Å². The first-order valence-corrected chi connectivity index (χ1v) is 6.79. The second-order valence-corrected chi connectivity index (χ2v) is 5.05. The van der Waals surface area contributed by atoms with Gasteiger partial charge in [-0.05, 0) is 42.8 Å². The minimum Gasteiger partial charge on any atom is -0.496 e. The van der Waals surface area contributed by atoms with E-state index in [4.69, 9.17) is 16.3 Å². The second-order valence-electron chi connectivity index (χ2n) is 4.61. The lowest BCUT2D eigenvalue weighted by Gasteiger charge is -2.16. The van der Waals surface area contributed by atoms with Crippen LogP contribution in [0.5, 0.6) is 5.75 Å². The number of nitrogens with one attached hydrogen (secondary N) is 1. The van der Waals surface area contributed by atoms with Crippen LogP contribution in [0, 0.1) is 5.82 Å². The summed E-state index contributed by atoms with van der Waals surface area (Å²) in [5.74, 6) is 0.575. The molecule has 2 nitrogen and oxygen atoms in total. The third-order valence-corrected chi connectivity index (χ3v) is 3.45. The van der Waals surface area contributed by atoms with Crippen LogP contribution in [0.25, 0.3) is 0 Å². The molecule has 106 valence electrons. The highest BCUT2D eigenvalue weighted by Crippen LogP contribution is 2.23. The molecule has 0 aliphatic heterocycles. The summed E-state index contributed by atoms with van der Waals surface area (Å²) in [5.41, 5.74) is 2.03. The summed E-state index contributed by atoms with van der Waals surface area (Å²) in [4.78, 5) is 0. The van der Waals surface area contributed by atoms with E-state index < -0.39 is 0 Å². The fourth-order valence-corrected chi connectivity index (χ4v) is 2.21. The predicted molar refractivity (Wildman–Crippen MR) is 79.7 cm³/mol. The van der Waals surface area contributed by atoms with Gasteiger partial charge in [-0.15, -0.1) is 0 Å². The maximum atomic E-state index is 12.9. The highest BCUT2D eigenvalue weighted by Gasteiger charge is 2.08. The van der Waals surface area contributed by atoms with E-state index in [1.165, 1.54) is 12.1 Å². The lowest BCUT2D eigenvalue weighted by Crippen LogP contribution is -2.18. The van der Waals surface area contributed by atoms with Crippen molar-refractivity contribution in [1.82, 2.24) is 5.32 Å². The van der Waals surface area contributed by atoms with Gasteiger partial charge in [0, 0.05) is 23.2 Å². The molecular weight excluding hydrogens is 277 g/mol. The number of hydrogen-bond acceptors (Lipinski definition) is 2. The fraction of sp³-hybridized carbons (Fsp3) is 0.250. The molecule has 0 aromatic heterocycles. The molecule has 0 radical (unpaired) electrons. The Balaban J connectivity index is 2.04. The van der Waals surface area contributed by atoms with Gasteiger partial charge in [-0.1, -0.05) is 23.7 Å². The average Bonchev–Trinajstić information content (AvgIpc) is 2.45. The minimum atomic E-state index is -0.225. The fourth-order valence-electron chi connectivity index (χ4n) is 2.02. The number of ether oxygens (including phenoxy) is 1. The predicted octanol–water partition coefficient (Wildman–Crippen LogP) is 4.34. The first-order chi connectivity index (χ1) is 9.60. The van der Waals surface area contributed by atoms with Crippen molar-refractivity contribution in [2.75, 3.05) is 7.11 Å². The van der Waals surface area contributed by atoms with Crippen LogP contribution in [0.2, 0.25) is 5.02 Å². The van der Waals surface area contributed by atoms with Crippen LogP contribution in [0.15, 0.2) is 42.5 Å². The van der Waals surface area contributed by atoms with Crippen molar-refractivity contribution in [2.45, 2.75) is 19.5 Å². The van der Waals surface area contributed by atoms with Gasteiger partial charge < -0.3 is 10.1 Å². The maximum absolute atomic E-state index is 12.9. The van der Waals surface area contributed by atoms with E-state index in [1.807, 2.05) is 19.1 Å². The molecule has 0 spiro atoms. The Hall–Kier alpha value is -1.58. The Morgan fingerprint density at radius 3 is 2.55 bits per heavy atom. The molecule has 0 amide bonds. The SMILES string of the molecule is COc1ccc(Cl)cc1CNC(C)c1ccc(F)cc1. The molecule has 1 atom stereocenters. The zero-order valence-corrected chi connectivity index (χ0v) is 12.2. The van der Waals surface area contributed by atoms with E-state index in [2.05, 4.69) is 5.32 Å². The van der Waals surface area contributed by atoms with E-state index in [9.17, 15) is 4.39 Å². The minimum absolute atomic E-state index is 0.110. The van der Waals surface area contributed by atoms with Crippen LogP contribution in [0.3, 0.4) is 0 Å². The second kappa shape index (κ2) is 6.73. The molecule has 0 aliphatic rings. The van der Waals surface area contributed by atoms with Crippen molar-refractivity contribution in [1.29, 1.82) is 0 Å². The van der Waals surface area contributed by atoms with Gasteiger partial charge in [-0.2, -0.15) is 0 Å². The molecule has 2 aromatic rings. The molecule has 0 aliphatic carbocycles. The van der Waals surface area contributed by atoms with E-state index in [1.54, 1.807) is 25.3 Å². The van der Waals surface area contributed by atoms with Gasteiger partial charge in [0.15, 0.2) is 0 Å². The molecule has 0 saturated heterocycles. The van der Waals surface area contributed by atoms with E-state index in [-0.39, 0.29) is 11.9 Å². The van der Waals surface area contributed by atoms with Crippen LogP contribution in [-0.4, -0.2) is 7.11 Å². The lowest BCUT2D eigenvalue weighted by atomic mass is 10.1. The number of methoxy groups -OCH3 is 1. The zero-order chi connectivity index (χ0) is 14.5. The van der Waals surface area contributed by atoms with E-state index in [0.29, 0.717) is 11.6 Å². The monoisotopic (exact) mass is 293 g/mol. The Morgan fingerprint density at radius 1 is 1.20 bits per heavy atom. The molecule has 4 heteroatoms. The van der Waals surface area contributed by atoms with Crippen molar-refractivity contribution in [3.8, 4) is 5.75 Å². The van der Waals surface area contributed by atoms with Crippen LogP contribution in [0.1, 0.15) is 24.1 Å². The van der Waals surface area contributed by atoms with Crippen molar-refractivity contribution in [2.24, 2.45) is 0 Å². The summed E-state index contributed by atoms with van der Waals surface area (Å²) in [6, 6.07) is 12.1. The van der Waals surface area contributed by atoms with Crippen LogP contribution >= 0.6 is 11.6 Å².